The molecule has 0 aromatic heterocycles. The number of hydrogen-bond donors (Lipinski definition) is 1. The van der Waals surface area contributed by atoms with Crippen molar-refractivity contribution in [2.24, 2.45) is 0 Å². The van der Waals surface area contributed by atoms with Crippen molar-refractivity contribution in [1.82, 2.24) is 0 Å². The van der Waals surface area contributed by atoms with Gasteiger partial charge in [-0.15, -0.1) is 0 Å². The number of benzene rings is 2. The monoisotopic (exact) mass is 228 g/mol. The fourth-order valence-electron chi connectivity index (χ4n) is 2.49. The van der Waals surface area contributed by atoms with E-state index in [0.29, 0.717) is 17.6 Å². The molecule has 0 radical (unpaired) electrons. The third-order valence-electron chi connectivity index (χ3n) is 3.30. The van der Waals surface area contributed by atoms with E-state index < -0.39 is 0 Å². The molecule has 17 heavy (non-hydrogen) atoms. The number of rotatable bonds is 2. The maximum absolute atomic E-state index is 10.2. The van der Waals surface area contributed by atoms with Crippen LogP contribution >= 0.6 is 0 Å². The van der Waals surface area contributed by atoms with Crippen LogP contribution in [0.2, 0.25) is 0 Å². The van der Waals surface area contributed by atoms with Crippen LogP contribution in [0.1, 0.15) is 50.7 Å². The highest BCUT2D eigenvalue weighted by Crippen LogP contribution is 2.37. The molecule has 0 amide bonds. The van der Waals surface area contributed by atoms with Gasteiger partial charge < -0.3 is 5.11 Å². The van der Waals surface area contributed by atoms with Gasteiger partial charge in [0.25, 0.3) is 0 Å². The van der Waals surface area contributed by atoms with Crippen molar-refractivity contribution >= 4 is 10.8 Å². The van der Waals surface area contributed by atoms with E-state index in [-0.39, 0.29) is 0 Å². The molecule has 0 spiro atoms. The number of hydrogen-bond acceptors (Lipinski definition) is 1. The van der Waals surface area contributed by atoms with Gasteiger partial charge in [-0.1, -0.05) is 52.0 Å². The summed E-state index contributed by atoms with van der Waals surface area (Å²) in [6.45, 7) is 8.57. The molecular weight excluding hydrogens is 208 g/mol. The average molecular weight is 228 g/mol. The van der Waals surface area contributed by atoms with Crippen molar-refractivity contribution in [3.05, 3.63) is 41.5 Å². The van der Waals surface area contributed by atoms with Crippen LogP contribution in [-0.4, -0.2) is 5.11 Å². The standard InChI is InChI=1S/C16H20O/c1-10(2)14-9-15(17)16(11(3)4)13-8-6-5-7-12(13)14/h5-11,17H,1-4H3. The van der Waals surface area contributed by atoms with Crippen LogP contribution in [0, 0.1) is 0 Å². The van der Waals surface area contributed by atoms with Crippen LogP contribution < -0.4 is 0 Å². The SMILES string of the molecule is CC(C)c1cc(O)c(C(C)C)c2ccccc12. The Labute approximate surface area is 103 Å². The molecule has 90 valence electrons. The summed E-state index contributed by atoms with van der Waals surface area (Å²) >= 11 is 0. The molecule has 2 aromatic rings. The van der Waals surface area contributed by atoms with Crippen molar-refractivity contribution in [3.8, 4) is 5.75 Å². The third-order valence-corrected chi connectivity index (χ3v) is 3.30. The van der Waals surface area contributed by atoms with Gasteiger partial charge in [-0.25, -0.2) is 0 Å². The lowest BCUT2D eigenvalue weighted by Gasteiger charge is -2.17. The molecular formula is C16H20O. The van der Waals surface area contributed by atoms with Gasteiger partial charge in [0.1, 0.15) is 5.75 Å². The molecule has 0 unspecified atom stereocenters. The molecule has 0 saturated heterocycles. The molecule has 2 rings (SSSR count). The number of phenols is 1. The van der Waals surface area contributed by atoms with Gasteiger partial charge in [-0.2, -0.15) is 0 Å². The second-order valence-corrected chi connectivity index (χ2v) is 5.25. The molecule has 0 aliphatic heterocycles. The molecule has 0 saturated carbocycles. The summed E-state index contributed by atoms with van der Waals surface area (Å²) in [6, 6.07) is 10.3. The predicted molar refractivity (Wildman–Crippen MR) is 73.8 cm³/mol. The van der Waals surface area contributed by atoms with Crippen LogP contribution in [-0.2, 0) is 0 Å². The first kappa shape index (κ1) is 12.0. The largest absolute Gasteiger partial charge is 0.508 e. The summed E-state index contributed by atoms with van der Waals surface area (Å²) in [7, 11) is 0. The highest BCUT2D eigenvalue weighted by atomic mass is 16.3. The summed E-state index contributed by atoms with van der Waals surface area (Å²) in [5.41, 5.74) is 2.28. The van der Waals surface area contributed by atoms with Gasteiger partial charge in [0.2, 0.25) is 0 Å². The van der Waals surface area contributed by atoms with Crippen molar-refractivity contribution in [3.63, 3.8) is 0 Å². The van der Waals surface area contributed by atoms with E-state index in [1.807, 2.05) is 12.1 Å². The first-order valence-corrected chi connectivity index (χ1v) is 6.27. The van der Waals surface area contributed by atoms with Crippen LogP contribution in [0.25, 0.3) is 10.8 Å². The fourth-order valence-corrected chi connectivity index (χ4v) is 2.49. The molecule has 0 aliphatic carbocycles. The lowest BCUT2D eigenvalue weighted by molar-refractivity contribution is 0.465. The Morgan fingerprint density at radius 3 is 2.00 bits per heavy atom. The summed E-state index contributed by atoms with van der Waals surface area (Å²) in [6.07, 6.45) is 0. The van der Waals surface area contributed by atoms with Crippen LogP contribution in [0.5, 0.6) is 5.75 Å². The summed E-state index contributed by atoms with van der Waals surface area (Å²) in [5, 5.41) is 12.7. The Bertz CT molecular complexity index is 538. The predicted octanol–water partition coefficient (Wildman–Crippen LogP) is 4.79. The zero-order chi connectivity index (χ0) is 12.6. The zero-order valence-electron chi connectivity index (χ0n) is 11.0. The molecule has 2 aromatic carbocycles. The van der Waals surface area contributed by atoms with E-state index in [1.165, 1.54) is 16.3 Å². The highest BCUT2D eigenvalue weighted by Gasteiger charge is 2.15. The molecule has 0 aliphatic rings. The van der Waals surface area contributed by atoms with Gasteiger partial charge >= 0.3 is 0 Å². The third kappa shape index (κ3) is 2.02. The number of aromatic hydroxyl groups is 1. The van der Waals surface area contributed by atoms with E-state index in [2.05, 4.69) is 45.9 Å². The Morgan fingerprint density at radius 2 is 1.47 bits per heavy atom. The molecule has 1 heteroatoms. The highest BCUT2D eigenvalue weighted by molar-refractivity contribution is 5.91. The lowest BCUT2D eigenvalue weighted by atomic mass is 9.89. The first-order valence-electron chi connectivity index (χ1n) is 6.27. The van der Waals surface area contributed by atoms with Crippen molar-refractivity contribution < 1.29 is 5.11 Å². The molecule has 1 N–H and O–H groups in total. The molecule has 0 heterocycles. The first-order chi connectivity index (χ1) is 8.02. The van der Waals surface area contributed by atoms with Gasteiger partial charge in [-0.3, -0.25) is 0 Å². The zero-order valence-corrected chi connectivity index (χ0v) is 11.0. The Balaban J connectivity index is 2.87. The minimum absolute atomic E-state index is 0.334. The van der Waals surface area contributed by atoms with Crippen molar-refractivity contribution in [2.45, 2.75) is 39.5 Å². The molecule has 1 nitrogen and oxygen atoms in total. The number of phenolic OH excluding ortho intramolecular Hbond substituents is 1. The van der Waals surface area contributed by atoms with E-state index in [1.54, 1.807) is 0 Å². The van der Waals surface area contributed by atoms with Gasteiger partial charge in [0, 0.05) is 5.56 Å². The second kappa shape index (κ2) is 4.40. The smallest absolute Gasteiger partial charge is 0.119 e. The van der Waals surface area contributed by atoms with Crippen LogP contribution in [0.15, 0.2) is 30.3 Å². The van der Waals surface area contributed by atoms with Gasteiger partial charge in [0.05, 0.1) is 0 Å². The van der Waals surface area contributed by atoms with E-state index in [9.17, 15) is 5.11 Å². The second-order valence-electron chi connectivity index (χ2n) is 5.25. The normalized spacial score (nSPS) is 11.6. The summed E-state index contributed by atoms with van der Waals surface area (Å²) in [4.78, 5) is 0. The maximum atomic E-state index is 10.2. The van der Waals surface area contributed by atoms with Crippen molar-refractivity contribution in [2.75, 3.05) is 0 Å². The maximum Gasteiger partial charge on any atom is 0.119 e. The Morgan fingerprint density at radius 1 is 0.882 bits per heavy atom. The Hall–Kier alpha value is -1.50. The lowest BCUT2D eigenvalue weighted by Crippen LogP contribution is -1.96. The minimum Gasteiger partial charge on any atom is -0.508 e. The molecule has 0 fully saturated rings. The fraction of sp³-hybridized carbons (Fsp3) is 0.375. The average Bonchev–Trinajstić information content (AvgIpc) is 2.27. The van der Waals surface area contributed by atoms with Gasteiger partial charge in [0.15, 0.2) is 0 Å². The summed E-state index contributed by atoms with van der Waals surface area (Å²) in [5.74, 6) is 1.19. The Kier molecular flexibility index (Phi) is 3.10. The van der Waals surface area contributed by atoms with Gasteiger partial charge in [-0.05, 0) is 34.2 Å². The van der Waals surface area contributed by atoms with Crippen LogP contribution in [0.3, 0.4) is 0 Å². The topological polar surface area (TPSA) is 20.2 Å². The van der Waals surface area contributed by atoms with E-state index in [4.69, 9.17) is 0 Å². The van der Waals surface area contributed by atoms with Crippen molar-refractivity contribution in [1.29, 1.82) is 0 Å². The van der Waals surface area contributed by atoms with E-state index >= 15 is 0 Å². The molecule has 0 bridgehead atoms. The quantitative estimate of drug-likeness (QED) is 0.783. The number of fused-ring (bicyclic) bond motifs is 1. The molecule has 0 atom stereocenters. The van der Waals surface area contributed by atoms with E-state index in [0.717, 1.165) is 5.56 Å². The van der Waals surface area contributed by atoms with Crippen LogP contribution in [0.4, 0.5) is 0 Å². The summed E-state index contributed by atoms with van der Waals surface area (Å²) < 4.78 is 0. The minimum atomic E-state index is 0.334.